The van der Waals surface area contributed by atoms with Crippen LogP contribution in [0.1, 0.15) is 38.2 Å². The van der Waals surface area contributed by atoms with E-state index in [0.717, 1.165) is 24.2 Å². The molecule has 0 amide bonds. The molecule has 3 nitrogen and oxygen atoms in total. The molecule has 0 fully saturated rings. The third-order valence-electron chi connectivity index (χ3n) is 3.24. The Kier molecular flexibility index (Phi) is 7.95. The number of benzene rings is 1. The Balaban J connectivity index is 2.86. The minimum atomic E-state index is -0.339. The molecule has 0 aliphatic heterocycles. The smallest absolute Gasteiger partial charge is 0.330 e. The SMILES string of the molecule is CCCCC/C(=C/C=C\C(=O)OC)c1ccc(OC)cc1. The number of methoxy groups -OCH3 is 2. The Morgan fingerprint density at radius 3 is 2.43 bits per heavy atom. The van der Waals surface area contributed by atoms with Crippen LogP contribution in [0.25, 0.3) is 5.57 Å². The van der Waals surface area contributed by atoms with Crippen LogP contribution < -0.4 is 4.74 Å². The molecule has 1 aromatic rings. The van der Waals surface area contributed by atoms with Crippen LogP contribution in [0, 0.1) is 0 Å². The maximum atomic E-state index is 11.1. The second-order valence-corrected chi connectivity index (χ2v) is 4.76. The molecular formula is C18H24O3. The van der Waals surface area contributed by atoms with Gasteiger partial charge in [-0.1, -0.05) is 44.1 Å². The van der Waals surface area contributed by atoms with Gasteiger partial charge in [0.15, 0.2) is 0 Å². The number of carbonyl (C=O) groups excluding carboxylic acids is 1. The van der Waals surface area contributed by atoms with Crippen molar-refractivity contribution in [3.63, 3.8) is 0 Å². The summed E-state index contributed by atoms with van der Waals surface area (Å²) in [5.74, 6) is 0.505. The maximum Gasteiger partial charge on any atom is 0.330 e. The van der Waals surface area contributed by atoms with E-state index in [4.69, 9.17) is 4.74 Å². The first-order chi connectivity index (χ1) is 10.2. The summed E-state index contributed by atoms with van der Waals surface area (Å²) in [6, 6.07) is 7.99. The lowest BCUT2D eigenvalue weighted by Crippen LogP contribution is -1.93. The molecule has 0 aromatic heterocycles. The summed E-state index contributed by atoms with van der Waals surface area (Å²) in [4.78, 5) is 11.1. The van der Waals surface area contributed by atoms with Crippen molar-refractivity contribution in [1.29, 1.82) is 0 Å². The second kappa shape index (κ2) is 9.81. The molecule has 0 N–H and O–H groups in total. The summed E-state index contributed by atoms with van der Waals surface area (Å²) in [7, 11) is 3.04. The largest absolute Gasteiger partial charge is 0.497 e. The van der Waals surface area contributed by atoms with Gasteiger partial charge in [0.25, 0.3) is 0 Å². The van der Waals surface area contributed by atoms with E-state index < -0.39 is 0 Å². The summed E-state index contributed by atoms with van der Waals surface area (Å²) >= 11 is 0. The normalized spacial score (nSPS) is 11.7. The number of rotatable bonds is 8. The minimum Gasteiger partial charge on any atom is -0.497 e. The number of unbranched alkanes of at least 4 members (excludes halogenated alkanes) is 2. The van der Waals surface area contributed by atoms with Crippen molar-refractivity contribution < 1.29 is 14.3 Å². The van der Waals surface area contributed by atoms with Crippen molar-refractivity contribution in [2.45, 2.75) is 32.6 Å². The summed E-state index contributed by atoms with van der Waals surface area (Å²) in [5.41, 5.74) is 2.37. The molecule has 0 radical (unpaired) electrons. The third kappa shape index (κ3) is 6.30. The average molecular weight is 288 g/mol. The quantitative estimate of drug-likeness (QED) is 0.308. The number of esters is 1. The Labute approximate surface area is 127 Å². The van der Waals surface area contributed by atoms with Crippen LogP contribution >= 0.6 is 0 Å². The summed E-state index contributed by atoms with van der Waals surface area (Å²) in [6.07, 6.45) is 9.68. The van der Waals surface area contributed by atoms with E-state index in [-0.39, 0.29) is 5.97 Å². The van der Waals surface area contributed by atoms with Crippen molar-refractivity contribution in [3.8, 4) is 5.75 Å². The molecule has 114 valence electrons. The monoisotopic (exact) mass is 288 g/mol. The van der Waals surface area contributed by atoms with Gasteiger partial charge < -0.3 is 9.47 Å². The second-order valence-electron chi connectivity index (χ2n) is 4.76. The molecule has 0 heterocycles. The minimum absolute atomic E-state index is 0.339. The number of allylic oxidation sites excluding steroid dienone is 3. The molecule has 0 aliphatic carbocycles. The summed E-state index contributed by atoms with van der Waals surface area (Å²) in [5, 5.41) is 0. The van der Waals surface area contributed by atoms with E-state index in [1.807, 2.05) is 30.3 Å². The molecule has 0 saturated heterocycles. The zero-order valence-electron chi connectivity index (χ0n) is 13.1. The molecule has 0 bridgehead atoms. The van der Waals surface area contributed by atoms with Gasteiger partial charge in [-0.15, -0.1) is 0 Å². The van der Waals surface area contributed by atoms with Crippen LogP contribution in [0.4, 0.5) is 0 Å². The van der Waals surface area contributed by atoms with Gasteiger partial charge in [-0.2, -0.15) is 0 Å². The zero-order chi connectivity index (χ0) is 15.5. The van der Waals surface area contributed by atoms with Gasteiger partial charge in [-0.25, -0.2) is 4.79 Å². The molecule has 0 atom stereocenters. The standard InChI is InChI=1S/C18H24O3/c1-4-5-6-8-15(9-7-10-18(19)21-3)16-11-13-17(20-2)14-12-16/h7,9-14H,4-6,8H2,1-3H3/b10-7-,15-9-. The van der Waals surface area contributed by atoms with Crippen LogP contribution in [-0.2, 0) is 9.53 Å². The number of ether oxygens (including phenoxy) is 2. The first-order valence-electron chi connectivity index (χ1n) is 7.30. The lowest BCUT2D eigenvalue weighted by Gasteiger charge is -2.08. The van der Waals surface area contributed by atoms with E-state index in [1.165, 1.54) is 31.6 Å². The van der Waals surface area contributed by atoms with Crippen molar-refractivity contribution in [1.82, 2.24) is 0 Å². The van der Waals surface area contributed by atoms with Crippen LogP contribution in [0.2, 0.25) is 0 Å². The van der Waals surface area contributed by atoms with Gasteiger partial charge >= 0.3 is 5.97 Å². The van der Waals surface area contributed by atoms with E-state index in [2.05, 4.69) is 11.7 Å². The van der Waals surface area contributed by atoms with Gasteiger partial charge in [0, 0.05) is 6.08 Å². The molecule has 1 rings (SSSR count). The highest BCUT2D eigenvalue weighted by Crippen LogP contribution is 2.23. The Morgan fingerprint density at radius 2 is 1.86 bits per heavy atom. The maximum absolute atomic E-state index is 11.1. The topological polar surface area (TPSA) is 35.5 Å². The van der Waals surface area contributed by atoms with Gasteiger partial charge in [-0.3, -0.25) is 0 Å². The molecule has 0 spiro atoms. The predicted molar refractivity (Wildman–Crippen MR) is 86.3 cm³/mol. The first kappa shape index (κ1) is 17.0. The first-order valence-corrected chi connectivity index (χ1v) is 7.30. The molecular weight excluding hydrogens is 264 g/mol. The van der Waals surface area contributed by atoms with Gasteiger partial charge in [0.2, 0.25) is 0 Å². The van der Waals surface area contributed by atoms with Gasteiger partial charge in [0.05, 0.1) is 14.2 Å². The van der Waals surface area contributed by atoms with Gasteiger partial charge in [-0.05, 0) is 36.1 Å². The lowest BCUT2D eigenvalue weighted by atomic mass is 9.99. The Bertz CT molecular complexity index is 484. The Hall–Kier alpha value is -2.03. The zero-order valence-corrected chi connectivity index (χ0v) is 13.1. The fourth-order valence-electron chi connectivity index (χ4n) is 2.01. The molecule has 0 aliphatic rings. The number of carbonyl (C=O) groups is 1. The number of hydrogen-bond donors (Lipinski definition) is 0. The fourth-order valence-corrected chi connectivity index (χ4v) is 2.01. The van der Waals surface area contributed by atoms with E-state index in [1.54, 1.807) is 13.2 Å². The number of hydrogen-bond acceptors (Lipinski definition) is 3. The fraction of sp³-hybridized carbons (Fsp3) is 0.389. The van der Waals surface area contributed by atoms with E-state index in [0.29, 0.717) is 0 Å². The van der Waals surface area contributed by atoms with Crippen LogP contribution in [0.15, 0.2) is 42.5 Å². The van der Waals surface area contributed by atoms with Crippen LogP contribution in [-0.4, -0.2) is 20.2 Å². The van der Waals surface area contributed by atoms with Crippen molar-refractivity contribution >= 4 is 11.5 Å². The van der Waals surface area contributed by atoms with E-state index in [9.17, 15) is 4.79 Å². The van der Waals surface area contributed by atoms with Gasteiger partial charge in [0.1, 0.15) is 5.75 Å². The summed E-state index contributed by atoms with van der Waals surface area (Å²) in [6.45, 7) is 2.19. The van der Waals surface area contributed by atoms with Crippen molar-refractivity contribution in [2.24, 2.45) is 0 Å². The average Bonchev–Trinajstić information content (AvgIpc) is 2.53. The van der Waals surface area contributed by atoms with Crippen molar-refractivity contribution in [3.05, 3.63) is 48.1 Å². The van der Waals surface area contributed by atoms with Crippen LogP contribution in [0.5, 0.6) is 5.75 Å². The third-order valence-corrected chi connectivity index (χ3v) is 3.24. The van der Waals surface area contributed by atoms with Crippen molar-refractivity contribution in [2.75, 3.05) is 14.2 Å². The summed E-state index contributed by atoms with van der Waals surface area (Å²) < 4.78 is 9.77. The highest BCUT2D eigenvalue weighted by Gasteiger charge is 2.02. The molecule has 0 unspecified atom stereocenters. The van der Waals surface area contributed by atoms with Crippen LogP contribution in [0.3, 0.4) is 0 Å². The highest BCUT2D eigenvalue weighted by molar-refractivity contribution is 5.82. The Morgan fingerprint density at radius 1 is 1.14 bits per heavy atom. The lowest BCUT2D eigenvalue weighted by molar-refractivity contribution is -0.134. The molecule has 3 heteroatoms. The highest BCUT2D eigenvalue weighted by atomic mass is 16.5. The molecule has 1 aromatic carbocycles. The predicted octanol–water partition coefficient (Wildman–Crippen LogP) is 4.39. The molecule has 0 saturated carbocycles. The molecule has 21 heavy (non-hydrogen) atoms. The van der Waals surface area contributed by atoms with E-state index >= 15 is 0 Å².